The Labute approximate surface area is 158 Å². The highest BCUT2D eigenvalue weighted by molar-refractivity contribution is 5.93. The van der Waals surface area contributed by atoms with E-state index in [1.165, 1.54) is 11.4 Å². The molecule has 0 saturated carbocycles. The van der Waals surface area contributed by atoms with Crippen LogP contribution in [0.5, 0.6) is 0 Å². The summed E-state index contributed by atoms with van der Waals surface area (Å²) in [4.78, 5) is 24.5. The van der Waals surface area contributed by atoms with Gasteiger partial charge in [-0.25, -0.2) is 9.97 Å². The number of benzene rings is 1. The van der Waals surface area contributed by atoms with E-state index in [4.69, 9.17) is 0 Å². The smallest absolute Gasteiger partial charge is 0.272 e. The Bertz CT molecular complexity index is 974. The molecule has 2 aliphatic rings. The van der Waals surface area contributed by atoms with E-state index in [1.807, 2.05) is 41.2 Å². The molecule has 6 heteroatoms. The van der Waals surface area contributed by atoms with E-state index >= 15 is 0 Å². The first-order valence-corrected chi connectivity index (χ1v) is 9.63. The number of hydrogen-bond acceptors (Lipinski definition) is 3. The molecule has 5 rings (SSSR count). The minimum atomic E-state index is 0.0745. The largest absolute Gasteiger partial charge is 0.337 e. The summed E-state index contributed by atoms with van der Waals surface area (Å²) in [7, 11) is 2.07. The van der Waals surface area contributed by atoms with Crippen molar-refractivity contribution in [1.82, 2.24) is 24.0 Å². The summed E-state index contributed by atoms with van der Waals surface area (Å²) >= 11 is 0. The number of nitrogens with zero attached hydrogens (tertiary/aromatic N) is 5. The maximum atomic E-state index is 13.5. The van der Waals surface area contributed by atoms with E-state index in [0.717, 1.165) is 37.9 Å². The highest BCUT2D eigenvalue weighted by atomic mass is 16.2. The molecule has 2 aromatic heterocycles. The number of hydrogen-bond donors (Lipinski definition) is 0. The number of aryl methyl sites for hydroxylation is 1. The predicted molar refractivity (Wildman–Crippen MR) is 102 cm³/mol. The first-order chi connectivity index (χ1) is 13.2. The molecular weight excluding hydrogens is 338 g/mol. The number of piperidine rings is 1. The molecule has 0 N–H and O–H groups in total. The van der Waals surface area contributed by atoms with Gasteiger partial charge in [-0.15, -0.1) is 0 Å². The van der Waals surface area contributed by atoms with Crippen molar-refractivity contribution in [3.8, 4) is 5.69 Å². The predicted octanol–water partition coefficient (Wildman–Crippen LogP) is 2.94. The van der Waals surface area contributed by atoms with Crippen molar-refractivity contribution >= 4 is 5.91 Å². The molecule has 2 unspecified atom stereocenters. The number of aromatic nitrogens is 4. The first kappa shape index (κ1) is 16.3. The van der Waals surface area contributed by atoms with E-state index in [1.54, 1.807) is 12.5 Å². The molecule has 3 aromatic rings. The summed E-state index contributed by atoms with van der Waals surface area (Å²) in [5.74, 6) is 0.422. The molecule has 1 aliphatic carbocycles. The van der Waals surface area contributed by atoms with E-state index in [2.05, 4.69) is 26.5 Å². The zero-order chi connectivity index (χ0) is 18.4. The second kappa shape index (κ2) is 6.37. The highest BCUT2D eigenvalue weighted by Gasteiger charge is 2.41. The van der Waals surface area contributed by atoms with Crippen molar-refractivity contribution in [1.29, 1.82) is 0 Å². The maximum Gasteiger partial charge on any atom is 0.272 e. The minimum absolute atomic E-state index is 0.0745. The monoisotopic (exact) mass is 361 g/mol. The lowest BCUT2D eigenvalue weighted by Crippen LogP contribution is -2.49. The van der Waals surface area contributed by atoms with Crippen LogP contribution in [-0.2, 0) is 13.5 Å². The number of para-hydroxylation sites is 1. The summed E-state index contributed by atoms with van der Waals surface area (Å²) in [6.07, 6.45) is 9.43. The summed E-state index contributed by atoms with van der Waals surface area (Å²) in [6, 6.07) is 10.2. The fraction of sp³-hybridized carbons (Fsp3) is 0.381. The number of rotatable bonds is 2. The van der Waals surface area contributed by atoms with Gasteiger partial charge in [0.25, 0.3) is 5.91 Å². The lowest BCUT2D eigenvalue weighted by Gasteiger charge is -2.43. The van der Waals surface area contributed by atoms with Crippen LogP contribution in [-0.4, -0.2) is 42.5 Å². The van der Waals surface area contributed by atoms with Gasteiger partial charge in [0, 0.05) is 36.9 Å². The summed E-state index contributed by atoms with van der Waals surface area (Å²) in [6.45, 7) is 0.808. The Balaban J connectivity index is 1.48. The molecular formula is C21H23N5O. The van der Waals surface area contributed by atoms with Crippen molar-refractivity contribution in [2.45, 2.75) is 37.6 Å². The van der Waals surface area contributed by atoms with Crippen molar-refractivity contribution in [3.63, 3.8) is 0 Å². The third-order valence-corrected chi connectivity index (χ3v) is 6.05. The quantitative estimate of drug-likeness (QED) is 0.705. The van der Waals surface area contributed by atoms with E-state index in [-0.39, 0.29) is 11.9 Å². The minimum Gasteiger partial charge on any atom is -0.337 e. The molecule has 6 nitrogen and oxygen atoms in total. The van der Waals surface area contributed by atoms with Crippen LogP contribution >= 0.6 is 0 Å². The maximum absolute atomic E-state index is 13.5. The Morgan fingerprint density at radius 2 is 2.00 bits per heavy atom. The van der Waals surface area contributed by atoms with E-state index in [9.17, 15) is 4.79 Å². The Hall–Kier alpha value is -2.89. The second-order valence-corrected chi connectivity index (χ2v) is 7.53. The van der Waals surface area contributed by atoms with Gasteiger partial charge >= 0.3 is 0 Å². The molecule has 1 saturated heterocycles. The third kappa shape index (κ3) is 2.59. The summed E-state index contributed by atoms with van der Waals surface area (Å²) in [5, 5.41) is 0. The molecule has 0 bridgehead atoms. The Morgan fingerprint density at radius 3 is 2.85 bits per heavy atom. The van der Waals surface area contributed by atoms with Crippen LogP contribution < -0.4 is 0 Å². The van der Waals surface area contributed by atoms with Gasteiger partial charge in [-0.3, -0.25) is 9.36 Å². The fourth-order valence-electron chi connectivity index (χ4n) is 4.75. The molecule has 27 heavy (non-hydrogen) atoms. The molecule has 0 radical (unpaired) electrons. The molecule has 0 spiro atoms. The Kier molecular flexibility index (Phi) is 3.85. The average Bonchev–Trinajstić information content (AvgIpc) is 3.35. The molecule has 1 fully saturated rings. The molecule has 1 amide bonds. The molecule has 138 valence electrons. The normalized spacial score (nSPS) is 21.6. The molecule has 2 atom stereocenters. The lowest BCUT2D eigenvalue weighted by atomic mass is 9.78. The van der Waals surface area contributed by atoms with Gasteiger partial charge in [0.2, 0.25) is 0 Å². The number of amides is 1. The molecule has 1 aromatic carbocycles. The first-order valence-electron chi connectivity index (χ1n) is 9.63. The number of fused-ring (bicyclic) bond motifs is 3. The SMILES string of the molecule is Cn1cnc2c1CCC1C2CCCN1C(=O)c1cncn1-c1ccccc1. The number of imidazole rings is 2. The highest BCUT2D eigenvalue weighted by Crippen LogP contribution is 2.40. The second-order valence-electron chi connectivity index (χ2n) is 7.53. The fourth-order valence-corrected chi connectivity index (χ4v) is 4.75. The van der Waals surface area contributed by atoms with Crippen LogP contribution in [0.15, 0.2) is 49.2 Å². The van der Waals surface area contributed by atoms with Crippen molar-refractivity contribution in [2.24, 2.45) is 7.05 Å². The van der Waals surface area contributed by atoms with Crippen LogP contribution in [0, 0.1) is 0 Å². The summed E-state index contributed by atoms with van der Waals surface area (Å²) in [5.41, 5.74) is 4.12. The van der Waals surface area contributed by atoms with Gasteiger partial charge in [0.15, 0.2) is 0 Å². The van der Waals surface area contributed by atoms with E-state index < -0.39 is 0 Å². The molecule has 3 heterocycles. The van der Waals surface area contributed by atoms with Gasteiger partial charge in [0.1, 0.15) is 5.69 Å². The van der Waals surface area contributed by atoms with Crippen molar-refractivity contribution in [3.05, 3.63) is 66.3 Å². The lowest BCUT2D eigenvalue weighted by molar-refractivity contribution is 0.0534. The average molecular weight is 361 g/mol. The van der Waals surface area contributed by atoms with Crippen LogP contribution in [0.4, 0.5) is 0 Å². The van der Waals surface area contributed by atoms with Crippen molar-refractivity contribution in [2.75, 3.05) is 6.54 Å². The number of likely N-dealkylation sites (tertiary alicyclic amines) is 1. The van der Waals surface area contributed by atoms with Gasteiger partial charge in [-0.1, -0.05) is 18.2 Å². The van der Waals surface area contributed by atoms with Gasteiger partial charge in [-0.2, -0.15) is 0 Å². The van der Waals surface area contributed by atoms with Gasteiger partial charge < -0.3 is 9.47 Å². The zero-order valence-corrected chi connectivity index (χ0v) is 15.5. The zero-order valence-electron chi connectivity index (χ0n) is 15.5. The van der Waals surface area contributed by atoms with Gasteiger partial charge in [0.05, 0.1) is 24.5 Å². The van der Waals surface area contributed by atoms with Crippen LogP contribution in [0.3, 0.4) is 0 Å². The topological polar surface area (TPSA) is 56.0 Å². The molecule has 1 aliphatic heterocycles. The van der Waals surface area contributed by atoms with Crippen molar-refractivity contribution < 1.29 is 4.79 Å². The van der Waals surface area contributed by atoms with Crippen LogP contribution in [0.25, 0.3) is 5.69 Å². The van der Waals surface area contributed by atoms with E-state index in [0.29, 0.717) is 11.6 Å². The van der Waals surface area contributed by atoms with Crippen LogP contribution in [0.1, 0.15) is 47.1 Å². The van der Waals surface area contributed by atoms with Gasteiger partial charge in [-0.05, 0) is 37.8 Å². The number of carbonyl (C=O) groups excluding carboxylic acids is 1. The Morgan fingerprint density at radius 1 is 1.15 bits per heavy atom. The van der Waals surface area contributed by atoms with Crippen LogP contribution in [0.2, 0.25) is 0 Å². The summed E-state index contributed by atoms with van der Waals surface area (Å²) < 4.78 is 4.03. The standard InChI is InChI=1S/C21H23N5O/c1-24-14-23-20-16-8-5-11-25(17(16)9-10-18(20)24)21(27)19-12-22-13-26(19)15-6-3-2-4-7-15/h2-4,6-7,12-14,16-17H,5,8-11H2,1H3. The third-order valence-electron chi connectivity index (χ3n) is 6.05. The number of carbonyl (C=O) groups is 1.